The number of para-hydroxylation sites is 1. The van der Waals surface area contributed by atoms with Crippen LogP contribution in [-0.4, -0.2) is 40.8 Å². The molecule has 0 unspecified atom stereocenters. The third kappa shape index (κ3) is 4.20. The predicted octanol–water partition coefficient (Wildman–Crippen LogP) is 4.55. The molecule has 0 bridgehead atoms. The summed E-state index contributed by atoms with van der Waals surface area (Å²) in [4.78, 5) is 14.7. The van der Waals surface area contributed by atoms with Gasteiger partial charge in [0, 0.05) is 18.0 Å². The molecule has 0 saturated heterocycles. The summed E-state index contributed by atoms with van der Waals surface area (Å²) in [5.41, 5.74) is 2.47. The second kappa shape index (κ2) is 8.07. The van der Waals surface area contributed by atoms with Crippen LogP contribution in [-0.2, 0) is 0 Å². The Morgan fingerprint density at radius 2 is 1.96 bits per heavy atom. The van der Waals surface area contributed by atoms with Crippen molar-refractivity contribution in [1.29, 1.82) is 0 Å². The molecule has 0 N–H and O–H groups in total. The van der Waals surface area contributed by atoms with Gasteiger partial charge >= 0.3 is 0 Å². The summed E-state index contributed by atoms with van der Waals surface area (Å²) >= 11 is 5.97. The molecule has 6 heteroatoms. The lowest BCUT2D eigenvalue weighted by Crippen LogP contribution is -2.32. The van der Waals surface area contributed by atoms with Crippen LogP contribution in [0.15, 0.2) is 60.7 Å². The highest BCUT2D eigenvalue weighted by molar-refractivity contribution is 6.30. The fourth-order valence-corrected chi connectivity index (χ4v) is 3.23. The number of ether oxygens (including phenoxy) is 1. The van der Waals surface area contributed by atoms with Gasteiger partial charge in [0.05, 0.1) is 17.9 Å². The molecular weight excluding hydrogens is 374 g/mol. The summed E-state index contributed by atoms with van der Waals surface area (Å²) in [7, 11) is 1.78. The Kier molecular flexibility index (Phi) is 5.35. The highest BCUT2D eigenvalue weighted by Gasteiger charge is 2.29. The molecule has 1 heterocycles. The normalized spacial score (nSPS) is 13.4. The SMILES string of the molecule is CN(CCOc1cccc(Cl)c1)C(=O)c1cc(C2CC2)nn1-c1ccccc1. The van der Waals surface area contributed by atoms with Gasteiger partial charge < -0.3 is 9.64 Å². The van der Waals surface area contributed by atoms with Crippen molar-refractivity contribution >= 4 is 17.5 Å². The topological polar surface area (TPSA) is 47.4 Å². The number of halogens is 1. The van der Waals surface area contributed by atoms with E-state index in [0.717, 1.165) is 24.2 Å². The van der Waals surface area contributed by atoms with E-state index in [2.05, 4.69) is 0 Å². The summed E-state index contributed by atoms with van der Waals surface area (Å²) in [6.07, 6.45) is 2.28. The zero-order valence-electron chi connectivity index (χ0n) is 15.7. The van der Waals surface area contributed by atoms with E-state index in [-0.39, 0.29) is 5.91 Å². The van der Waals surface area contributed by atoms with E-state index < -0.39 is 0 Å². The third-order valence-corrected chi connectivity index (χ3v) is 5.02. The van der Waals surface area contributed by atoms with Gasteiger partial charge in [0.2, 0.25) is 0 Å². The minimum atomic E-state index is -0.0713. The molecule has 0 spiro atoms. The first kappa shape index (κ1) is 18.6. The molecule has 144 valence electrons. The van der Waals surface area contributed by atoms with E-state index in [1.54, 1.807) is 28.8 Å². The maximum atomic E-state index is 13.1. The quantitative estimate of drug-likeness (QED) is 0.589. The van der Waals surface area contributed by atoms with Crippen molar-refractivity contribution in [1.82, 2.24) is 14.7 Å². The molecule has 0 radical (unpaired) electrons. The summed E-state index contributed by atoms with van der Waals surface area (Å²) in [6.45, 7) is 0.849. The lowest BCUT2D eigenvalue weighted by atomic mass is 10.2. The predicted molar refractivity (Wildman–Crippen MR) is 109 cm³/mol. The zero-order valence-corrected chi connectivity index (χ0v) is 16.5. The van der Waals surface area contributed by atoms with Gasteiger partial charge in [0.1, 0.15) is 18.1 Å². The maximum absolute atomic E-state index is 13.1. The van der Waals surface area contributed by atoms with E-state index in [1.165, 1.54) is 0 Å². The van der Waals surface area contributed by atoms with E-state index in [0.29, 0.717) is 35.5 Å². The van der Waals surface area contributed by atoms with Crippen molar-refractivity contribution in [3.8, 4) is 11.4 Å². The standard InChI is InChI=1S/C22H22ClN3O2/c1-25(12-13-28-19-9-5-6-17(23)14-19)22(27)21-15-20(16-10-11-16)24-26(21)18-7-3-2-4-8-18/h2-9,14-16H,10-13H2,1H3. The third-order valence-electron chi connectivity index (χ3n) is 4.78. The number of amides is 1. The zero-order chi connectivity index (χ0) is 19.5. The van der Waals surface area contributed by atoms with Crippen LogP contribution in [0, 0.1) is 0 Å². The van der Waals surface area contributed by atoms with Crippen LogP contribution in [0.5, 0.6) is 5.75 Å². The van der Waals surface area contributed by atoms with Gasteiger partial charge in [-0.15, -0.1) is 0 Å². The Morgan fingerprint density at radius 3 is 2.68 bits per heavy atom. The molecule has 0 atom stereocenters. The molecule has 28 heavy (non-hydrogen) atoms. The molecular formula is C22H22ClN3O2. The number of rotatable bonds is 7. The monoisotopic (exact) mass is 395 g/mol. The van der Waals surface area contributed by atoms with Crippen LogP contribution in [0.2, 0.25) is 5.02 Å². The average Bonchev–Trinajstić information content (AvgIpc) is 3.46. The molecule has 5 nitrogen and oxygen atoms in total. The molecule has 4 rings (SSSR count). The van der Waals surface area contributed by atoms with Crippen molar-refractivity contribution in [3.63, 3.8) is 0 Å². The van der Waals surface area contributed by atoms with Crippen molar-refractivity contribution in [2.24, 2.45) is 0 Å². The summed E-state index contributed by atoms with van der Waals surface area (Å²) in [5.74, 6) is 1.10. The summed E-state index contributed by atoms with van der Waals surface area (Å²) in [5, 5.41) is 5.33. The Balaban J connectivity index is 1.47. The van der Waals surface area contributed by atoms with Gasteiger partial charge in [-0.05, 0) is 49.2 Å². The first-order chi connectivity index (χ1) is 13.6. The van der Waals surface area contributed by atoms with Crippen LogP contribution in [0.3, 0.4) is 0 Å². The van der Waals surface area contributed by atoms with Crippen molar-refractivity contribution in [2.45, 2.75) is 18.8 Å². The van der Waals surface area contributed by atoms with E-state index >= 15 is 0 Å². The molecule has 1 aliphatic rings. The minimum absolute atomic E-state index is 0.0713. The smallest absolute Gasteiger partial charge is 0.272 e. The van der Waals surface area contributed by atoms with Crippen LogP contribution in [0.4, 0.5) is 0 Å². The fourth-order valence-electron chi connectivity index (χ4n) is 3.05. The molecule has 0 aliphatic heterocycles. The molecule has 3 aromatic rings. The van der Waals surface area contributed by atoms with Crippen LogP contribution < -0.4 is 4.74 Å². The Hall–Kier alpha value is -2.79. The molecule has 2 aromatic carbocycles. The minimum Gasteiger partial charge on any atom is -0.492 e. The molecule has 1 amide bonds. The van der Waals surface area contributed by atoms with Gasteiger partial charge in [-0.1, -0.05) is 35.9 Å². The van der Waals surface area contributed by atoms with Crippen molar-refractivity contribution in [3.05, 3.63) is 77.1 Å². The van der Waals surface area contributed by atoms with Gasteiger partial charge in [-0.3, -0.25) is 4.79 Å². The van der Waals surface area contributed by atoms with E-state index in [4.69, 9.17) is 21.4 Å². The second-order valence-electron chi connectivity index (χ2n) is 7.01. The number of nitrogens with zero attached hydrogens (tertiary/aromatic N) is 3. The number of benzene rings is 2. The lowest BCUT2D eigenvalue weighted by molar-refractivity contribution is 0.0765. The van der Waals surface area contributed by atoms with E-state index in [1.807, 2.05) is 48.5 Å². The van der Waals surface area contributed by atoms with Crippen LogP contribution in [0.1, 0.15) is 34.9 Å². The number of aromatic nitrogens is 2. The Morgan fingerprint density at radius 1 is 1.18 bits per heavy atom. The maximum Gasteiger partial charge on any atom is 0.272 e. The van der Waals surface area contributed by atoms with E-state index in [9.17, 15) is 4.79 Å². The first-order valence-electron chi connectivity index (χ1n) is 9.41. The summed E-state index contributed by atoms with van der Waals surface area (Å²) < 4.78 is 7.47. The number of hydrogen-bond donors (Lipinski definition) is 0. The van der Waals surface area contributed by atoms with Crippen molar-refractivity contribution < 1.29 is 9.53 Å². The van der Waals surface area contributed by atoms with Gasteiger partial charge in [0.15, 0.2) is 0 Å². The largest absolute Gasteiger partial charge is 0.492 e. The van der Waals surface area contributed by atoms with Crippen molar-refractivity contribution in [2.75, 3.05) is 20.2 Å². The highest BCUT2D eigenvalue weighted by atomic mass is 35.5. The number of hydrogen-bond acceptors (Lipinski definition) is 3. The van der Waals surface area contributed by atoms with Crippen LogP contribution in [0.25, 0.3) is 5.69 Å². The molecule has 1 fully saturated rings. The van der Waals surface area contributed by atoms with Gasteiger partial charge in [-0.25, -0.2) is 4.68 Å². The summed E-state index contributed by atoms with van der Waals surface area (Å²) in [6, 6.07) is 18.9. The first-order valence-corrected chi connectivity index (χ1v) is 9.79. The average molecular weight is 396 g/mol. The Bertz CT molecular complexity index is 967. The fraction of sp³-hybridized carbons (Fsp3) is 0.273. The number of carbonyl (C=O) groups is 1. The lowest BCUT2D eigenvalue weighted by Gasteiger charge is -2.18. The highest BCUT2D eigenvalue weighted by Crippen LogP contribution is 2.39. The molecule has 1 aliphatic carbocycles. The van der Waals surface area contributed by atoms with Crippen LogP contribution >= 0.6 is 11.6 Å². The number of likely N-dealkylation sites (N-methyl/N-ethyl adjacent to an activating group) is 1. The molecule has 1 aromatic heterocycles. The second-order valence-corrected chi connectivity index (χ2v) is 7.45. The number of carbonyl (C=O) groups excluding carboxylic acids is 1. The van der Waals surface area contributed by atoms with Gasteiger partial charge in [-0.2, -0.15) is 5.10 Å². The Labute approximate surface area is 169 Å². The van der Waals surface area contributed by atoms with Gasteiger partial charge in [0.25, 0.3) is 5.91 Å². The molecule has 1 saturated carbocycles.